The van der Waals surface area contributed by atoms with Crippen molar-refractivity contribution in [1.29, 1.82) is 0 Å². The molecule has 0 aromatic heterocycles. The lowest BCUT2D eigenvalue weighted by molar-refractivity contribution is 0.184. The van der Waals surface area contributed by atoms with E-state index in [4.69, 9.17) is 4.74 Å². The molecule has 96 valence electrons. The molecule has 1 aromatic rings. The van der Waals surface area contributed by atoms with Crippen molar-refractivity contribution in [3.8, 4) is 0 Å². The quantitative estimate of drug-likeness (QED) is 0.697. The second-order valence-corrected chi connectivity index (χ2v) is 4.56. The van der Waals surface area contributed by atoms with E-state index in [2.05, 4.69) is 49.5 Å². The van der Waals surface area contributed by atoms with E-state index in [0.29, 0.717) is 12.0 Å². The van der Waals surface area contributed by atoms with Crippen molar-refractivity contribution >= 4 is 0 Å². The predicted octanol–water partition coefficient (Wildman–Crippen LogP) is 3.40. The van der Waals surface area contributed by atoms with E-state index in [0.717, 1.165) is 19.6 Å². The molecule has 0 amide bonds. The van der Waals surface area contributed by atoms with Crippen molar-refractivity contribution in [3.05, 3.63) is 35.9 Å². The molecule has 0 heterocycles. The number of hydrogen-bond acceptors (Lipinski definition) is 2. The Morgan fingerprint density at radius 3 is 2.53 bits per heavy atom. The van der Waals surface area contributed by atoms with Crippen LogP contribution >= 0.6 is 0 Å². The molecule has 0 saturated carbocycles. The summed E-state index contributed by atoms with van der Waals surface area (Å²) in [6, 6.07) is 11.2. The second-order valence-electron chi connectivity index (χ2n) is 4.56. The summed E-state index contributed by atoms with van der Waals surface area (Å²) in [5.74, 6) is 0.632. The van der Waals surface area contributed by atoms with Gasteiger partial charge in [-0.2, -0.15) is 0 Å². The van der Waals surface area contributed by atoms with Gasteiger partial charge in [-0.25, -0.2) is 0 Å². The lowest BCUT2D eigenvalue weighted by Crippen LogP contribution is -2.27. The van der Waals surface area contributed by atoms with E-state index >= 15 is 0 Å². The molecule has 1 N–H and O–H groups in total. The SMILES string of the molecule is CCNC(c1ccccc1)C(C)CCCOC. The molecule has 0 aliphatic carbocycles. The summed E-state index contributed by atoms with van der Waals surface area (Å²) in [6.07, 6.45) is 2.33. The first-order valence-electron chi connectivity index (χ1n) is 6.56. The van der Waals surface area contributed by atoms with Gasteiger partial charge < -0.3 is 10.1 Å². The number of nitrogens with one attached hydrogen (secondary N) is 1. The van der Waals surface area contributed by atoms with E-state index in [-0.39, 0.29) is 0 Å². The van der Waals surface area contributed by atoms with Crippen LogP contribution in [0.15, 0.2) is 30.3 Å². The Morgan fingerprint density at radius 1 is 1.24 bits per heavy atom. The summed E-state index contributed by atoms with van der Waals surface area (Å²) in [5, 5.41) is 3.58. The van der Waals surface area contributed by atoms with Crippen LogP contribution in [-0.2, 0) is 4.74 Å². The van der Waals surface area contributed by atoms with Gasteiger partial charge in [-0.05, 0) is 30.9 Å². The van der Waals surface area contributed by atoms with Crippen molar-refractivity contribution in [1.82, 2.24) is 5.32 Å². The van der Waals surface area contributed by atoms with Gasteiger partial charge in [-0.1, -0.05) is 44.2 Å². The van der Waals surface area contributed by atoms with Crippen molar-refractivity contribution in [2.45, 2.75) is 32.7 Å². The smallest absolute Gasteiger partial charge is 0.0462 e. The van der Waals surface area contributed by atoms with Crippen molar-refractivity contribution < 1.29 is 4.74 Å². The highest BCUT2D eigenvalue weighted by Crippen LogP contribution is 2.25. The average molecular weight is 235 g/mol. The molecule has 2 atom stereocenters. The maximum Gasteiger partial charge on any atom is 0.0462 e. The molecule has 17 heavy (non-hydrogen) atoms. The van der Waals surface area contributed by atoms with Gasteiger partial charge in [0, 0.05) is 19.8 Å². The summed E-state index contributed by atoms with van der Waals surface area (Å²) in [6.45, 7) is 6.35. The van der Waals surface area contributed by atoms with E-state index < -0.39 is 0 Å². The Labute approximate surface area is 105 Å². The topological polar surface area (TPSA) is 21.3 Å². The standard InChI is InChI=1S/C15H25NO/c1-4-16-15(13(2)9-8-12-17-3)14-10-6-5-7-11-14/h5-7,10-11,13,15-16H,4,8-9,12H2,1-3H3. The normalized spacial score (nSPS) is 14.5. The summed E-state index contributed by atoms with van der Waals surface area (Å²) in [5.41, 5.74) is 1.39. The molecule has 0 aliphatic rings. The van der Waals surface area contributed by atoms with Crippen LogP contribution in [-0.4, -0.2) is 20.3 Å². The Morgan fingerprint density at radius 2 is 1.94 bits per heavy atom. The number of rotatable bonds is 8. The third kappa shape index (κ3) is 4.88. The van der Waals surface area contributed by atoms with Gasteiger partial charge in [0.2, 0.25) is 0 Å². The molecule has 0 aliphatic heterocycles. The zero-order valence-corrected chi connectivity index (χ0v) is 11.3. The van der Waals surface area contributed by atoms with Crippen LogP contribution in [0.25, 0.3) is 0 Å². The van der Waals surface area contributed by atoms with Gasteiger partial charge in [0.15, 0.2) is 0 Å². The van der Waals surface area contributed by atoms with Crippen LogP contribution in [0.3, 0.4) is 0 Å². The minimum Gasteiger partial charge on any atom is -0.385 e. The van der Waals surface area contributed by atoms with Gasteiger partial charge in [0.25, 0.3) is 0 Å². The van der Waals surface area contributed by atoms with Crippen LogP contribution in [0.4, 0.5) is 0 Å². The van der Waals surface area contributed by atoms with Crippen LogP contribution in [0.2, 0.25) is 0 Å². The zero-order chi connectivity index (χ0) is 12.5. The Kier molecular flexibility index (Phi) is 6.90. The third-order valence-electron chi connectivity index (χ3n) is 3.16. The Bertz CT molecular complexity index is 286. The first kappa shape index (κ1) is 14.2. The molecule has 1 rings (SSSR count). The molecule has 0 bridgehead atoms. The highest BCUT2D eigenvalue weighted by Gasteiger charge is 2.17. The van der Waals surface area contributed by atoms with Crippen molar-refractivity contribution in [2.75, 3.05) is 20.3 Å². The van der Waals surface area contributed by atoms with Gasteiger partial charge in [0.1, 0.15) is 0 Å². The Balaban J connectivity index is 2.58. The van der Waals surface area contributed by atoms with E-state index in [1.54, 1.807) is 7.11 Å². The van der Waals surface area contributed by atoms with E-state index in [1.165, 1.54) is 12.0 Å². The Hall–Kier alpha value is -0.860. The lowest BCUT2D eigenvalue weighted by atomic mass is 9.91. The molecule has 2 nitrogen and oxygen atoms in total. The molecule has 0 saturated heterocycles. The fourth-order valence-electron chi connectivity index (χ4n) is 2.24. The number of ether oxygens (including phenoxy) is 1. The zero-order valence-electron chi connectivity index (χ0n) is 11.3. The van der Waals surface area contributed by atoms with Gasteiger partial charge >= 0.3 is 0 Å². The van der Waals surface area contributed by atoms with E-state index in [9.17, 15) is 0 Å². The van der Waals surface area contributed by atoms with Gasteiger partial charge in [-0.15, -0.1) is 0 Å². The lowest BCUT2D eigenvalue weighted by Gasteiger charge is -2.25. The van der Waals surface area contributed by atoms with Gasteiger partial charge in [0.05, 0.1) is 0 Å². The molecule has 0 fully saturated rings. The predicted molar refractivity (Wildman–Crippen MR) is 73.1 cm³/mol. The summed E-state index contributed by atoms with van der Waals surface area (Å²) in [7, 11) is 1.77. The first-order valence-corrected chi connectivity index (χ1v) is 6.56. The monoisotopic (exact) mass is 235 g/mol. The largest absolute Gasteiger partial charge is 0.385 e. The number of benzene rings is 1. The summed E-state index contributed by atoms with van der Waals surface area (Å²) in [4.78, 5) is 0. The molecule has 0 radical (unpaired) electrons. The fourth-order valence-corrected chi connectivity index (χ4v) is 2.24. The van der Waals surface area contributed by atoms with Crippen LogP contribution in [0.5, 0.6) is 0 Å². The average Bonchev–Trinajstić information content (AvgIpc) is 2.37. The highest BCUT2D eigenvalue weighted by atomic mass is 16.5. The van der Waals surface area contributed by atoms with Crippen LogP contribution in [0.1, 0.15) is 38.3 Å². The fraction of sp³-hybridized carbons (Fsp3) is 0.600. The third-order valence-corrected chi connectivity index (χ3v) is 3.16. The molecule has 1 aromatic carbocycles. The minimum atomic E-state index is 0.457. The molecule has 2 unspecified atom stereocenters. The molecule has 0 spiro atoms. The molecular formula is C15H25NO. The maximum absolute atomic E-state index is 5.12. The van der Waals surface area contributed by atoms with Gasteiger partial charge in [-0.3, -0.25) is 0 Å². The minimum absolute atomic E-state index is 0.457. The van der Waals surface area contributed by atoms with Crippen molar-refractivity contribution in [2.24, 2.45) is 5.92 Å². The van der Waals surface area contributed by atoms with Crippen molar-refractivity contribution in [3.63, 3.8) is 0 Å². The summed E-state index contributed by atoms with van der Waals surface area (Å²) < 4.78 is 5.12. The summed E-state index contributed by atoms with van der Waals surface area (Å²) >= 11 is 0. The number of methoxy groups -OCH3 is 1. The maximum atomic E-state index is 5.12. The van der Waals surface area contributed by atoms with Crippen LogP contribution < -0.4 is 5.32 Å². The van der Waals surface area contributed by atoms with Crippen LogP contribution in [0, 0.1) is 5.92 Å². The van der Waals surface area contributed by atoms with E-state index in [1.807, 2.05) is 0 Å². The molecule has 2 heteroatoms. The first-order chi connectivity index (χ1) is 8.29. The second kappa shape index (κ2) is 8.26. The molecular weight excluding hydrogens is 210 g/mol. The number of hydrogen-bond donors (Lipinski definition) is 1. The highest BCUT2D eigenvalue weighted by molar-refractivity contribution is 5.19.